The summed E-state index contributed by atoms with van der Waals surface area (Å²) in [5.74, 6) is 0.640. The van der Waals surface area contributed by atoms with Crippen LogP contribution < -0.4 is 5.32 Å². The van der Waals surface area contributed by atoms with E-state index in [9.17, 15) is 4.79 Å². The monoisotopic (exact) mass is 284 g/mol. The van der Waals surface area contributed by atoms with Gasteiger partial charge in [0, 0.05) is 11.3 Å². The van der Waals surface area contributed by atoms with Crippen molar-refractivity contribution >= 4 is 28.8 Å². The average molecular weight is 285 g/mol. The van der Waals surface area contributed by atoms with Crippen LogP contribution >= 0.6 is 22.9 Å². The quantitative estimate of drug-likeness (QED) is 0.886. The van der Waals surface area contributed by atoms with E-state index in [0.29, 0.717) is 10.9 Å². The van der Waals surface area contributed by atoms with Gasteiger partial charge in [-0.05, 0) is 18.6 Å². The number of halogens is 1. The topological polar surface area (TPSA) is 70.7 Å². The molecule has 1 amide bonds. The van der Waals surface area contributed by atoms with Crippen LogP contribution in [0, 0.1) is 0 Å². The first-order valence-corrected chi connectivity index (χ1v) is 6.82. The van der Waals surface area contributed by atoms with E-state index in [1.807, 2.05) is 13.0 Å². The van der Waals surface area contributed by atoms with Gasteiger partial charge in [0.25, 0.3) is 5.91 Å². The highest BCUT2D eigenvalue weighted by atomic mass is 35.5. The van der Waals surface area contributed by atoms with Gasteiger partial charge in [-0.25, -0.2) is 4.98 Å². The van der Waals surface area contributed by atoms with E-state index in [4.69, 9.17) is 11.6 Å². The standard InChI is InChI=1S/C11H13ClN4OS/c1-2-3-9-14-10(16-15-9)11(17)13-6-7-4-5-8(12)18-7/h4-5H,2-3,6H2,1H3,(H,13,17)(H,14,15,16). The highest BCUT2D eigenvalue weighted by Crippen LogP contribution is 2.20. The van der Waals surface area contributed by atoms with Crippen LogP contribution in [0.5, 0.6) is 0 Å². The number of amides is 1. The molecule has 0 spiro atoms. The maximum Gasteiger partial charge on any atom is 0.291 e. The number of H-pyrrole nitrogens is 1. The summed E-state index contributed by atoms with van der Waals surface area (Å²) >= 11 is 7.25. The molecule has 7 heteroatoms. The Morgan fingerprint density at radius 2 is 2.39 bits per heavy atom. The number of aryl methyl sites for hydroxylation is 1. The van der Waals surface area contributed by atoms with E-state index in [0.717, 1.165) is 23.5 Å². The lowest BCUT2D eigenvalue weighted by molar-refractivity contribution is 0.0941. The van der Waals surface area contributed by atoms with Crippen molar-refractivity contribution in [2.45, 2.75) is 26.3 Å². The van der Waals surface area contributed by atoms with Crippen molar-refractivity contribution in [1.29, 1.82) is 0 Å². The second-order valence-electron chi connectivity index (χ2n) is 3.74. The molecule has 0 atom stereocenters. The molecule has 5 nitrogen and oxygen atoms in total. The molecule has 18 heavy (non-hydrogen) atoms. The Bertz CT molecular complexity index is 537. The van der Waals surface area contributed by atoms with E-state index in [1.54, 1.807) is 6.07 Å². The number of aromatic nitrogens is 3. The van der Waals surface area contributed by atoms with Gasteiger partial charge in [0.2, 0.25) is 5.82 Å². The first-order valence-electron chi connectivity index (χ1n) is 5.62. The fraction of sp³-hybridized carbons (Fsp3) is 0.364. The van der Waals surface area contributed by atoms with Crippen molar-refractivity contribution in [1.82, 2.24) is 20.5 Å². The van der Waals surface area contributed by atoms with Crippen LogP contribution in [0.2, 0.25) is 4.34 Å². The molecule has 0 aliphatic carbocycles. The van der Waals surface area contributed by atoms with Gasteiger partial charge in [-0.3, -0.25) is 9.89 Å². The lowest BCUT2D eigenvalue weighted by Gasteiger charge is -1.98. The third-order valence-electron chi connectivity index (χ3n) is 2.27. The number of hydrogen-bond acceptors (Lipinski definition) is 4. The molecule has 0 saturated heterocycles. The van der Waals surface area contributed by atoms with Crippen molar-refractivity contribution in [3.05, 3.63) is 33.0 Å². The van der Waals surface area contributed by atoms with E-state index in [-0.39, 0.29) is 11.7 Å². The fourth-order valence-electron chi connectivity index (χ4n) is 1.44. The molecule has 2 rings (SSSR count). The molecule has 2 N–H and O–H groups in total. The zero-order valence-corrected chi connectivity index (χ0v) is 11.4. The number of carbonyl (C=O) groups excluding carboxylic acids is 1. The lowest BCUT2D eigenvalue weighted by atomic mass is 10.3. The highest BCUT2D eigenvalue weighted by Gasteiger charge is 2.12. The van der Waals surface area contributed by atoms with Gasteiger partial charge in [-0.1, -0.05) is 18.5 Å². The molecule has 0 aromatic carbocycles. The first-order chi connectivity index (χ1) is 8.69. The predicted molar refractivity (Wildman–Crippen MR) is 70.9 cm³/mol. The normalized spacial score (nSPS) is 10.6. The lowest BCUT2D eigenvalue weighted by Crippen LogP contribution is -2.23. The zero-order chi connectivity index (χ0) is 13.0. The molecule has 0 aliphatic rings. The molecule has 2 aromatic heterocycles. The number of aromatic amines is 1. The minimum absolute atomic E-state index is 0.182. The molecule has 0 unspecified atom stereocenters. The maximum atomic E-state index is 11.8. The van der Waals surface area contributed by atoms with Crippen LogP contribution in [0.3, 0.4) is 0 Å². The smallest absolute Gasteiger partial charge is 0.291 e. The summed E-state index contributed by atoms with van der Waals surface area (Å²) < 4.78 is 0.711. The number of rotatable bonds is 5. The molecular formula is C11H13ClN4OS. The third kappa shape index (κ3) is 3.30. The zero-order valence-electron chi connectivity index (χ0n) is 9.86. The third-order valence-corrected chi connectivity index (χ3v) is 3.50. The van der Waals surface area contributed by atoms with Crippen molar-refractivity contribution in [2.24, 2.45) is 0 Å². The Morgan fingerprint density at radius 3 is 3.06 bits per heavy atom. The molecule has 2 aromatic rings. The van der Waals surface area contributed by atoms with Gasteiger partial charge in [0.05, 0.1) is 10.9 Å². The molecule has 2 heterocycles. The summed E-state index contributed by atoms with van der Waals surface area (Å²) in [4.78, 5) is 16.9. The molecule has 96 valence electrons. The van der Waals surface area contributed by atoms with Crippen LogP contribution in [0.1, 0.15) is 34.7 Å². The second-order valence-corrected chi connectivity index (χ2v) is 5.54. The van der Waals surface area contributed by atoms with Gasteiger partial charge in [-0.15, -0.1) is 16.4 Å². The summed E-state index contributed by atoms with van der Waals surface area (Å²) in [7, 11) is 0. The summed E-state index contributed by atoms with van der Waals surface area (Å²) in [5, 5.41) is 9.38. The van der Waals surface area contributed by atoms with E-state index < -0.39 is 0 Å². The first kappa shape index (κ1) is 13.0. The predicted octanol–water partition coefficient (Wildman–Crippen LogP) is 2.40. The number of nitrogens with one attached hydrogen (secondary N) is 2. The van der Waals surface area contributed by atoms with Gasteiger partial charge in [0.1, 0.15) is 5.82 Å². The SMILES string of the molecule is CCCc1nc(C(=O)NCc2ccc(Cl)s2)n[nH]1. The van der Waals surface area contributed by atoms with Gasteiger partial charge in [-0.2, -0.15) is 0 Å². The summed E-state index contributed by atoms with van der Waals surface area (Å²) in [6.45, 7) is 2.48. The molecule has 0 bridgehead atoms. The van der Waals surface area contributed by atoms with Gasteiger partial charge >= 0.3 is 0 Å². The Labute approximate surface area is 114 Å². The second kappa shape index (κ2) is 5.97. The van der Waals surface area contributed by atoms with Crippen molar-refractivity contribution in [2.75, 3.05) is 0 Å². The van der Waals surface area contributed by atoms with Crippen LogP contribution in [0.4, 0.5) is 0 Å². The minimum Gasteiger partial charge on any atom is -0.344 e. The van der Waals surface area contributed by atoms with Crippen molar-refractivity contribution in [3.63, 3.8) is 0 Å². The summed E-state index contributed by atoms with van der Waals surface area (Å²) in [6.07, 6.45) is 1.75. The largest absolute Gasteiger partial charge is 0.344 e. The molecular weight excluding hydrogens is 272 g/mol. The van der Waals surface area contributed by atoms with Crippen molar-refractivity contribution in [3.8, 4) is 0 Å². The van der Waals surface area contributed by atoms with Crippen LogP contribution in [-0.2, 0) is 13.0 Å². The Kier molecular flexibility index (Phi) is 4.33. The minimum atomic E-state index is -0.280. The van der Waals surface area contributed by atoms with Crippen LogP contribution in [-0.4, -0.2) is 21.1 Å². The van der Waals surface area contributed by atoms with Gasteiger partial charge in [0.15, 0.2) is 0 Å². The van der Waals surface area contributed by atoms with E-state index in [2.05, 4.69) is 20.5 Å². The Balaban J connectivity index is 1.90. The van der Waals surface area contributed by atoms with Crippen molar-refractivity contribution < 1.29 is 4.79 Å². The number of nitrogens with zero attached hydrogens (tertiary/aromatic N) is 2. The fourth-order valence-corrected chi connectivity index (χ4v) is 2.47. The number of carbonyl (C=O) groups is 1. The molecule has 0 saturated carbocycles. The summed E-state index contributed by atoms with van der Waals surface area (Å²) in [5.41, 5.74) is 0. The summed E-state index contributed by atoms with van der Waals surface area (Å²) in [6, 6.07) is 3.69. The molecule has 0 aliphatic heterocycles. The van der Waals surface area contributed by atoms with Crippen LogP contribution in [0.25, 0.3) is 0 Å². The Hall–Kier alpha value is -1.40. The average Bonchev–Trinajstić information content (AvgIpc) is 2.96. The number of hydrogen-bond donors (Lipinski definition) is 2. The van der Waals surface area contributed by atoms with E-state index in [1.165, 1.54) is 11.3 Å². The van der Waals surface area contributed by atoms with E-state index >= 15 is 0 Å². The molecule has 0 fully saturated rings. The maximum absolute atomic E-state index is 11.8. The van der Waals surface area contributed by atoms with Crippen LogP contribution in [0.15, 0.2) is 12.1 Å². The number of thiophene rings is 1. The van der Waals surface area contributed by atoms with Gasteiger partial charge < -0.3 is 5.32 Å². The Morgan fingerprint density at radius 1 is 1.56 bits per heavy atom. The highest BCUT2D eigenvalue weighted by molar-refractivity contribution is 7.16. The molecule has 0 radical (unpaired) electrons.